The zero-order valence-corrected chi connectivity index (χ0v) is 17.3. The van der Waals surface area contributed by atoms with E-state index in [9.17, 15) is 8.42 Å². The molecule has 1 fully saturated rings. The van der Waals surface area contributed by atoms with Crippen LogP contribution in [0.5, 0.6) is 0 Å². The first kappa shape index (κ1) is 21.0. The van der Waals surface area contributed by atoms with Crippen LogP contribution in [0.25, 0.3) is 0 Å². The normalized spacial score (nSPS) is 20.0. The third-order valence-electron chi connectivity index (χ3n) is 4.78. The Morgan fingerprint density at radius 3 is 2.39 bits per heavy atom. The summed E-state index contributed by atoms with van der Waals surface area (Å²) in [5.41, 5.74) is 9.86. The lowest BCUT2D eigenvalue weighted by Crippen LogP contribution is -2.31. The van der Waals surface area contributed by atoms with Crippen molar-refractivity contribution in [2.75, 3.05) is 13.1 Å². The molecule has 2 aromatic carbocycles. The highest BCUT2D eigenvalue weighted by Gasteiger charge is 2.27. The van der Waals surface area contributed by atoms with Crippen molar-refractivity contribution in [1.82, 2.24) is 20.9 Å². The van der Waals surface area contributed by atoms with E-state index in [1.807, 2.05) is 44.2 Å². The van der Waals surface area contributed by atoms with Crippen LogP contribution in [0.2, 0.25) is 0 Å². The summed E-state index contributed by atoms with van der Waals surface area (Å²) in [6, 6.07) is 18.5. The summed E-state index contributed by atoms with van der Waals surface area (Å²) in [6.07, 6.45) is 0. The van der Waals surface area contributed by atoms with E-state index >= 15 is 0 Å². The summed E-state index contributed by atoms with van der Waals surface area (Å²) in [5.74, 6) is 0.478. The first-order valence-electron chi connectivity index (χ1n) is 9.75. The lowest BCUT2D eigenvalue weighted by Gasteiger charge is -2.19. The largest absolute Gasteiger partial charge is 0.312 e. The summed E-state index contributed by atoms with van der Waals surface area (Å²) >= 11 is 0. The Labute approximate surface area is 168 Å². The molecule has 0 amide bonds. The molecule has 6 nitrogen and oxygen atoms in total. The van der Waals surface area contributed by atoms with Crippen molar-refractivity contribution in [3.05, 3.63) is 71.3 Å². The average Bonchev–Trinajstić information content (AvgIpc) is 3.11. The molecule has 1 aliphatic rings. The molecule has 0 bridgehead atoms. The standard InChI is InChI=1S/C21H30N4O2S/c1-16(2)25-28(26,27)15-18-10-8-17(9-11-18)12-22-13-20-14-23-24-21(20)19-6-4-3-5-7-19/h3-11,16,20-25H,12-15H2,1-2H3. The van der Waals surface area contributed by atoms with E-state index in [0.717, 1.165) is 30.8 Å². The van der Waals surface area contributed by atoms with Crippen LogP contribution in [-0.4, -0.2) is 27.5 Å². The lowest BCUT2D eigenvalue weighted by atomic mass is 9.95. The van der Waals surface area contributed by atoms with E-state index in [1.54, 1.807) is 0 Å². The molecule has 152 valence electrons. The van der Waals surface area contributed by atoms with Crippen molar-refractivity contribution in [2.45, 2.75) is 38.2 Å². The van der Waals surface area contributed by atoms with Crippen LogP contribution in [0.4, 0.5) is 0 Å². The second kappa shape index (κ2) is 9.62. The molecular weight excluding hydrogens is 372 g/mol. The fourth-order valence-electron chi connectivity index (χ4n) is 3.52. The number of benzene rings is 2. The molecule has 0 radical (unpaired) electrons. The molecule has 0 aromatic heterocycles. The Balaban J connectivity index is 1.49. The minimum Gasteiger partial charge on any atom is -0.312 e. The van der Waals surface area contributed by atoms with Crippen molar-refractivity contribution in [1.29, 1.82) is 0 Å². The van der Waals surface area contributed by atoms with E-state index < -0.39 is 10.0 Å². The molecule has 0 aliphatic carbocycles. The SMILES string of the molecule is CC(C)NS(=O)(=O)Cc1ccc(CNCC2CNNC2c2ccccc2)cc1. The maximum absolute atomic E-state index is 12.0. The Morgan fingerprint density at radius 2 is 1.71 bits per heavy atom. The lowest BCUT2D eigenvalue weighted by molar-refractivity contribution is 0.441. The molecule has 2 aromatic rings. The second-order valence-electron chi connectivity index (χ2n) is 7.65. The Morgan fingerprint density at radius 1 is 1.04 bits per heavy atom. The van der Waals surface area contributed by atoms with Crippen LogP contribution in [0, 0.1) is 5.92 Å². The van der Waals surface area contributed by atoms with E-state index in [2.05, 4.69) is 45.2 Å². The van der Waals surface area contributed by atoms with Gasteiger partial charge in [0, 0.05) is 31.6 Å². The third kappa shape index (κ3) is 6.12. The van der Waals surface area contributed by atoms with Crippen molar-refractivity contribution < 1.29 is 8.42 Å². The fourth-order valence-corrected chi connectivity index (χ4v) is 4.95. The van der Waals surface area contributed by atoms with E-state index in [1.165, 1.54) is 5.56 Å². The zero-order chi connectivity index (χ0) is 20.0. The van der Waals surface area contributed by atoms with Gasteiger partial charge in [0.2, 0.25) is 10.0 Å². The first-order chi connectivity index (χ1) is 13.4. The van der Waals surface area contributed by atoms with Gasteiger partial charge in [-0.3, -0.25) is 5.43 Å². The van der Waals surface area contributed by atoms with Gasteiger partial charge < -0.3 is 5.32 Å². The third-order valence-corrected chi connectivity index (χ3v) is 6.33. The highest BCUT2D eigenvalue weighted by atomic mass is 32.2. The number of hydrogen-bond acceptors (Lipinski definition) is 5. The summed E-state index contributed by atoms with van der Waals surface area (Å²) < 4.78 is 26.7. The molecule has 4 N–H and O–H groups in total. The molecule has 28 heavy (non-hydrogen) atoms. The minimum atomic E-state index is -3.29. The van der Waals surface area contributed by atoms with Gasteiger partial charge in [-0.25, -0.2) is 18.6 Å². The molecule has 1 saturated heterocycles. The number of sulfonamides is 1. The van der Waals surface area contributed by atoms with Gasteiger partial charge in [-0.2, -0.15) is 0 Å². The molecule has 1 heterocycles. The van der Waals surface area contributed by atoms with E-state index in [0.29, 0.717) is 12.0 Å². The predicted molar refractivity (Wildman–Crippen MR) is 113 cm³/mol. The molecule has 7 heteroatoms. The summed E-state index contributed by atoms with van der Waals surface area (Å²) in [7, 11) is -3.29. The van der Waals surface area contributed by atoms with Gasteiger partial charge in [0.1, 0.15) is 0 Å². The quantitative estimate of drug-likeness (QED) is 0.516. The Hall–Kier alpha value is -1.77. The van der Waals surface area contributed by atoms with Gasteiger partial charge in [-0.1, -0.05) is 54.6 Å². The summed E-state index contributed by atoms with van der Waals surface area (Å²) in [5, 5.41) is 3.53. The maximum atomic E-state index is 12.0. The van der Waals surface area contributed by atoms with Crippen LogP contribution in [0.15, 0.2) is 54.6 Å². The van der Waals surface area contributed by atoms with Gasteiger partial charge in [0.15, 0.2) is 0 Å². The van der Waals surface area contributed by atoms with Gasteiger partial charge in [0.05, 0.1) is 11.8 Å². The Kier molecular flexibility index (Phi) is 7.20. The van der Waals surface area contributed by atoms with Crippen LogP contribution >= 0.6 is 0 Å². The molecule has 2 unspecified atom stereocenters. The van der Waals surface area contributed by atoms with Crippen molar-refractivity contribution in [2.24, 2.45) is 5.92 Å². The van der Waals surface area contributed by atoms with E-state index in [4.69, 9.17) is 0 Å². The number of nitrogens with one attached hydrogen (secondary N) is 4. The Bertz CT molecular complexity index is 838. The fraction of sp³-hybridized carbons (Fsp3) is 0.429. The second-order valence-corrected chi connectivity index (χ2v) is 9.41. The molecule has 0 spiro atoms. The van der Waals surface area contributed by atoms with Gasteiger partial charge in [-0.05, 0) is 30.5 Å². The topological polar surface area (TPSA) is 82.3 Å². The van der Waals surface area contributed by atoms with Gasteiger partial charge in [0.25, 0.3) is 0 Å². The minimum absolute atomic E-state index is 0.0110. The van der Waals surface area contributed by atoms with Crippen LogP contribution in [-0.2, 0) is 22.3 Å². The van der Waals surface area contributed by atoms with E-state index in [-0.39, 0.29) is 11.8 Å². The molecule has 2 atom stereocenters. The molecular formula is C21H30N4O2S. The highest BCUT2D eigenvalue weighted by molar-refractivity contribution is 7.88. The smallest absolute Gasteiger partial charge is 0.216 e. The molecule has 1 aliphatic heterocycles. The summed E-state index contributed by atoms with van der Waals surface area (Å²) in [4.78, 5) is 0. The van der Waals surface area contributed by atoms with Crippen LogP contribution in [0.1, 0.15) is 36.6 Å². The number of rotatable bonds is 9. The molecule has 3 rings (SSSR count). The van der Waals surface area contributed by atoms with Crippen molar-refractivity contribution in [3.8, 4) is 0 Å². The highest BCUT2D eigenvalue weighted by Crippen LogP contribution is 2.24. The number of hydrazine groups is 1. The first-order valence-corrected chi connectivity index (χ1v) is 11.4. The average molecular weight is 403 g/mol. The number of hydrogen-bond donors (Lipinski definition) is 4. The van der Waals surface area contributed by atoms with Crippen molar-refractivity contribution >= 4 is 10.0 Å². The monoisotopic (exact) mass is 402 g/mol. The van der Waals surface area contributed by atoms with Crippen LogP contribution < -0.4 is 20.9 Å². The van der Waals surface area contributed by atoms with Crippen LogP contribution in [0.3, 0.4) is 0 Å². The maximum Gasteiger partial charge on any atom is 0.216 e. The summed E-state index contributed by atoms with van der Waals surface area (Å²) in [6.45, 7) is 6.23. The van der Waals surface area contributed by atoms with Gasteiger partial charge in [-0.15, -0.1) is 0 Å². The zero-order valence-electron chi connectivity index (χ0n) is 16.5. The van der Waals surface area contributed by atoms with Crippen molar-refractivity contribution in [3.63, 3.8) is 0 Å². The van der Waals surface area contributed by atoms with Gasteiger partial charge >= 0.3 is 0 Å². The molecule has 0 saturated carbocycles. The predicted octanol–water partition coefficient (Wildman–Crippen LogP) is 2.07.